The lowest BCUT2D eigenvalue weighted by Gasteiger charge is -2.21. The lowest BCUT2D eigenvalue weighted by atomic mass is 10.0. The Morgan fingerprint density at radius 1 is 1.28 bits per heavy atom. The van der Waals surface area contributed by atoms with Crippen molar-refractivity contribution in [3.63, 3.8) is 0 Å². The number of carbonyl (C=O) groups is 2. The first-order valence-electron chi connectivity index (χ1n) is 11.7. The Balaban J connectivity index is 1.47. The first kappa shape index (κ1) is 23.5. The number of halogens is 1. The van der Waals surface area contributed by atoms with Gasteiger partial charge in [0, 0.05) is 48.7 Å². The largest absolute Gasteiger partial charge is 0.464 e. The molecule has 2 fully saturated rings. The van der Waals surface area contributed by atoms with Crippen molar-refractivity contribution in [2.24, 2.45) is 17.1 Å². The first-order valence-corrected chi connectivity index (χ1v) is 11.7. The summed E-state index contributed by atoms with van der Waals surface area (Å²) in [5.41, 5.74) is 7.20. The van der Waals surface area contributed by atoms with Crippen LogP contribution in [0.4, 0.5) is 10.1 Å². The molecule has 0 spiro atoms. The van der Waals surface area contributed by atoms with E-state index < -0.39 is 30.0 Å². The fourth-order valence-electron chi connectivity index (χ4n) is 4.57. The molecule has 1 saturated carbocycles. The van der Waals surface area contributed by atoms with Crippen LogP contribution in [0.2, 0.25) is 0 Å². The van der Waals surface area contributed by atoms with Gasteiger partial charge in [0.1, 0.15) is 5.41 Å². The van der Waals surface area contributed by atoms with Crippen molar-refractivity contribution in [1.29, 1.82) is 5.26 Å². The highest BCUT2D eigenvalue weighted by Crippen LogP contribution is 2.47. The van der Waals surface area contributed by atoms with Gasteiger partial charge in [-0.3, -0.25) is 14.0 Å². The van der Waals surface area contributed by atoms with Gasteiger partial charge in [-0.2, -0.15) is 10.4 Å². The molecular weight excluding hydrogens is 467 g/mol. The molecule has 2 atom stereocenters. The van der Waals surface area contributed by atoms with E-state index in [4.69, 9.17) is 10.5 Å². The number of nitrogens with two attached hydrogens (primary N) is 1. The van der Waals surface area contributed by atoms with E-state index in [0.29, 0.717) is 36.2 Å². The van der Waals surface area contributed by atoms with Gasteiger partial charge in [-0.25, -0.2) is 14.5 Å². The number of primary amides is 1. The fraction of sp³-hybridized carbons (Fsp3) is 0.417. The SMILES string of the molecule is CCOc1ncc(-c2cc3c(N[C@@H]4CN(C(=O)C5(C#N)CC5)C[C@H]4CF)c(C(N)=O)cnn3c2)cn1. The number of aromatic nitrogens is 4. The molecule has 12 heteroatoms. The molecule has 3 N–H and O–H groups in total. The number of nitrogens with one attached hydrogen (secondary N) is 1. The predicted molar refractivity (Wildman–Crippen MR) is 127 cm³/mol. The minimum Gasteiger partial charge on any atom is -0.464 e. The van der Waals surface area contributed by atoms with Crippen LogP contribution in [0.15, 0.2) is 30.9 Å². The molecule has 1 aliphatic carbocycles. The number of hydrogen-bond donors (Lipinski definition) is 2. The van der Waals surface area contributed by atoms with Crippen LogP contribution in [0.5, 0.6) is 6.01 Å². The Morgan fingerprint density at radius 2 is 2.03 bits per heavy atom. The van der Waals surface area contributed by atoms with E-state index >= 15 is 0 Å². The molecule has 0 unspecified atom stereocenters. The van der Waals surface area contributed by atoms with Crippen molar-refractivity contribution in [3.8, 4) is 23.2 Å². The van der Waals surface area contributed by atoms with Gasteiger partial charge in [0.15, 0.2) is 0 Å². The van der Waals surface area contributed by atoms with Crippen molar-refractivity contribution in [2.75, 3.05) is 31.7 Å². The van der Waals surface area contributed by atoms with Crippen molar-refractivity contribution in [3.05, 3.63) is 36.4 Å². The van der Waals surface area contributed by atoms with Crippen LogP contribution in [0, 0.1) is 22.7 Å². The standard InChI is InChI=1S/C24H25FN8O3/c1-2-36-23-28-7-16(8-29-23)14-5-19-20(17(21(27)34)9-30-33(19)11-14)31-18-12-32(10-15(18)6-25)22(35)24(13-26)3-4-24/h5,7-9,11,15,18,31H,2-4,6,10,12H2,1H3,(H2,27,34)/t15-,18-/m1/s1. The van der Waals surface area contributed by atoms with E-state index in [1.54, 1.807) is 34.1 Å². The van der Waals surface area contributed by atoms with E-state index in [1.807, 2.05) is 6.92 Å². The zero-order chi connectivity index (χ0) is 25.4. The molecule has 3 aromatic rings. The van der Waals surface area contributed by atoms with Gasteiger partial charge in [0.25, 0.3) is 5.91 Å². The zero-order valence-electron chi connectivity index (χ0n) is 19.6. The summed E-state index contributed by atoms with van der Waals surface area (Å²) in [6.07, 6.45) is 7.40. The topological polar surface area (TPSA) is 152 Å². The van der Waals surface area contributed by atoms with Crippen LogP contribution in [0.25, 0.3) is 16.6 Å². The first-order chi connectivity index (χ1) is 17.4. The van der Waals surface area contributed by atoms with E-state index in [9.17, 15) is 19.2 Å². The number of fused-ring (bicyclic) bond motifs is 1. The van der Waals surface area contributed by atoms with Gasteiger partial charge in [-0.15, -0.1) is 0 Å². The van der Waals surface area contributed by atoms with Gasteiger partial charge < -0.3 is 20.7 Å². The average molecular weight is 493 g/mol. The van der Waals surface area contributed by atoms with Gasteiger partial charge in [0.05, 0.1) is 48.4 Å². The van der Waals surface area contributed by atoms with Gasteiger partial charge in [-0.05, 0) is 25.8 Å². The van der Waals surface area contributed by atoms with Crippen molar-refractivity contribution < 1.29 is 18.7 Å². The summed E-state index contributed by atoms with van der Waals surface area (Å²) < 4.78 is 20.9. The average Bonchev–Trinajstić information content (AvgIpc) is 3.38. The second kappa shape index (κ2) is 9.07. The quantitative estimate of drug-likeness (QED) is 0.483. The maximum atomic E-state index is 14.0. The Bertz CT molecular complexity index is 1360. The minimum atomic E-state index is -0.978. The Hall–Kier alpha value is -4.27. The predicted octanol–water partition coefficient (Wildman–Crippen LogP) is 1.80. The van der Waals surface area contributed by atoms with Crippen LogP contribution in [-0.2, 0) is 4.79 Å². The molecule has 186 valence electrons. The third-order valence-corrected chi connectivity index (χ3v) is 6.77. The molecule has 0 aromatic carbocycles. The fourth-order valence-corrected chi connectivity index (χ4v) is 4.57. The number of carbonyl (C=O) groups excluding carboxylic acids is 2. The highest BCUT2D eigenvalue weighted by Gasteiger charge is 2.54. The summed E-state index contributed by atoms with van der Waals surface area (Å²) in [6, 6.07) is 3.70. The highest BCUT2D eigenvalue weighted by molar-refractivity contribution is 6.02. The number of ether oxygens (including phenoxy) is 1. The van der Waals surface area contributed by atoms with E-state index in [1.165, 1.54) is 6.20 Å². The van der Waals surface area contributed by atoms with Crippen LogP contribution in [-0.4, -0.2) is 68.7 Å². The summed E-state index contributed by atoms with van der Waals surface area (Å²) in [5.74, 6) is -1.46. The third kappa shape index (κ3) is 4.06. The second-order valence-electron chi connectivity index (χ2n) is 9.11. The Labute approximate surface area is 206 Å². The number of anilines is 1. The number of hydrogen-bond acceptors (Lipinski definition) is 8. The Kier molecular flexibility index (Phi) is 5.91. The lowest BCUT2D eigenvalue weighted by Crippen LogP contribution is -2.36. The summed E-state index contributed by atoms with van der Waals surface area (Å²) in [5, 5.41) is 17.0. The third-order valence-electron chi connectivity index (χ3n) is 6.77. The van der Waals surface area contributed by atoms with E-state index in [2.05, 4.69) is 26.5 Å². The molecule has 1 aliphatic heterocycles. The molecule has 36 heavy (non-hydrogen) atoms. The van der Waals surface area contributed by atoms with Crippen LogP contribution in [0.1, 0.15) is 30.1 Å². The number of nitriles is 1. The molecule has 0 radical (unpaired) electrons. The normalized spacial score (nSPS) is 20.2. The second-order valence-corrected chi connectivity index (χ2v) is 9.11. The summed E-state index contributed by atoms with van der Waals surface area (Å²) >= 11 is 0. The Morgan fingerprint density at radius 3 is 2.64 bits per heavy atom. The molecule has 4 heterocycles. The number of amides is 2. The lowest BCUT2D eigenvalue weighted by molar-refractivity contribution is -0.134. The van der Waals surface area contributed by atoms with Gasteiger partial charge in [-0.1, -0.05) is 0 Å². The van der Waals surface area contributed by atoms with Crippen molar-refractivity contribution in [1.82, 2.24) is 24.5 Å². The number of likely N-dealkylation sites (tertiary alicyclic amines) is 1. The molecule has 3 aromatic heterocycles. The van der Waals surface area contributed by atoms with Gasteiger partial charge >= 0.3 is 6.01 Å². The molecule has 2 aliphatic rings. The molecule has 1 saturated heterocycles. The molecule has 11 nitrogen and oxygen atoms in total. The molecular formula is C24H25FN8O3. The summed E-state index contributed by atoms with van der Waals surface area (Å²) in [6.45, 7) is 2.04. The summed E-state index contributed by atoms with van der Waals surface area (Å²) in [4.78, 5) is 35.0. The van der Waals surface area contributed by atoms with Crippen molar-refractivity contribution in [2.45, 2.75) is 25.8 Å². The maximum Gasteiger partial charge on any atom is 0.316 e. The monoisotopic (exact) mass is 492 g/mol. The highest BCUT2D eigenvalue weighted by atomic mass is 19.1. The van der Waals surface area contributed by atoms with Crippen molar-refractivity contribution >= 4 is 23.0 Å². The van der Waals surface area contributed by atoms with Crippen LogP contribution >= 0.6 is 0 Å². The number of alkyl halides is 1. The molecule has 0 bridgehead atoms. The van der Waals surface area contributed by atoms with Gasteiger partial charge in [0.2, 0.25) is 5.91 Å². The van der Waals surface area contributed by atoms with E-state index in [-0.39, 0.29) is 30.6 Å². The number of nitrogens with zero attached hydrogens (tertiary/aromatic N) is 6. The molecule has 2 amide bonds. The minimum absolute atomic E-state index is 0.146. The van der Waals surface area contributed by atoms with E-state index in [0.717, 1.165) is 5.56 Å². The molecule has 5 rings (SSSR count). The number of rotatable bonds is 8. The van der Waals surface area contributed by atoms with Crippen LogP contribution < -0.4 is 15.8 Å². The van der Waals surface area contributed by atoms with Crippen LogP contribution in [0.3, 0.4) is 0 Å². The summed E-state index contributed by atoms with van der Waals surface area (Å²) in [7, 11) is 0. The zero-order valence-corrected chi connectivity index (χ0v) is 19.6. The smallest absolute Gasteiger partial charge is 0.316 e. The maximum absolute atomic E-state index is 14.0.